The Bertz CT molecular complexity index is 301. The van der Waals surface area contributed by atoms with Crippen LogP contribution in [0.4, 0.5) is 0 Å². The summed E-state index contributed by atoms with van der Waals surface area (Å²) in [5.74, 6) is 1.17. The average molecular weight is 312 g/mol. The fourth-order valence-electron chi connectivity index (χ4n) is 2.87. The van der Waals surface area contributed by atoms with E-state index in [9.17, 15) is 0 Å². The summed E-state index contributed by atoms with van der Waals surface area (Å²) in [6.45, 7) is 5.06. The predicted molar refractivity (Wildman–Crippen MR) is 91.9 cm³/mol. The van der Waals surface area contributed by atoms with Crippen molar-refractivity contribution in [1.82, 2.24) is 4.90 Å². The van der Waals surface area contributed by atoms with Crippen molar-refractivity contribution in [3.8, 4) is 0 Å². The van der Waals surface area contributed by atoms with Gasteiger partial charge in [0.15, 0.2) is 0 Å². The molecule has 128 valence electrons. The molecule has 0 aromatic rings. The van der Waals surface area contributed by atoms with E-state index < -0.39 is 7.32 Å². The maximum atomic E-state index is 8.67. The van der Waals surface area contributed by atoms with Gasteiger partial charge in [-0.3, -0.25) is 4.99 Å². The van der Waals surface area contributed by atoms with Crippen LogP contribution in [0.1, 0.15) is 71.1 Å². The second kappa shape index (κ2) is 12.9. The third-order valence-electron chi connectivity index (χ3n) is 4.16. The molecule has 0 spiro atoms. The van der Waals surface area contributed by atoms with Gasteiger partial charge in [0.25, 0.3) is 0 Å². The molecule has 0 atom stereocenters. The van der Waals surface area contributed by atoms with Gasteiger partial charge in [0.1, 0.15) is 0 Å². The molecule has 0 aromatic carbocycles. The molecule has 0 bridgehead atoms. The van der Waals surface area contributed by atoms with Crippen molar-refractivity contribution in [2.24, 2.45) is 4.99 Å². The summed E-state index contributed by atoms with van der Waals surface area (Å²) in [4.78, 5) is 6.75. The summed E-state index contributed by atoms with van der Waals surface area (Å²) in [5.41, 5.74) is 0. The van der Waals surface area contributed by atoms with Gasteiger partial charge in [0, 0.05) is 19.5 Å². The molecule has 0 amide bonds. The van der Waals surface area contributed by atoms with E-state index in [4.69, 9.17) is 14.7 Å². The zero-order chi connectivity index (χ0) is 16.0. The van der Waals surface area contributed by atoms with Crippen LogP contribution in [0.3, 0.4) is 0 Å². The highest BCUT2D eigenvalue weighted by Crippen LogP contribution is 2.13. The first kappa shape index (κ1) is 19.5. The minimum atomic E-state index is -1.67. The molecule has 22 heavy (non-hydrogen) atoms. The van der Waals surface area contributed by atoms with Gasteiger partial charge in [-0.2, -0.15) is 0 Å². The molecule has 0 aromatic heterocycles. The monoisotopic (exact) mass is 312 g/mol. The minimum absolute atomic E-state index is 0.328. The molecular formula is C16H33BN2O3. The first-order chi connectivity index (χ1) is 10.7. The minimum Gasteiger partial charge on any atom is -0.402 e. The zero-order valence-corrected chi connectivity index (χ0v) is 14.2. The van der Waals surface area contributed by atoms with E-state index in [0.29, 0.717) is 13.2 Å². The lowest BCUT2D eigenvalue weighted by molar-refractivity contribution is 0.173. The van der Waals surface area contributed by atoms with E-state index >= 15 is 0 Å². The second-order valence-electron chi connectivity index (χ2n) is 6.06. The lowest BCUT2D eigenvalue weighted by Crippen LogP contribution is -2.33. The normalized spacial score (nSPS) is 14.5. The molecule has 5 nitrogen and oxygen atoms in total. The van der Waals surface area contributed by atoms with E-state index in [1.165, 1.54) is 63.6 Å². The largest absolute Gasteiger partial charge is 0.633 e. The summed E-state index contributed by atoms with van der Waals surface area (Å²) in [6, 6.07) is 0. The Morgan fingerprint density at radius 2 is 1.68 bits per heavy atom. The second-order valence-corrected chi connectivity index (χ2v) is 6.06. The highest BCUT2D eigenvalue weighted by atomic mass is 16.6. The van der Waals surface area contributed by atoms with Gasteiger partial charge >= 0.3 is 7.32 Å². The SMILES string of the molecule is CCCCCCCCCCCC1=NCCN1CCOB(O)O. The maximum Gasteiger partial charge on any atom is 0.633 e. The molecule has 1 heterocycles. The summed E-state index contributed by atoms with van der Waals surface area (Å²) >= 11 is 0. The van der Waals surface area contributed by atoms with Gasteiger partial charge < -0.3 is 19.6 Å². The maximum absolute atomic E-state index is 8.67. The van der Waals surface area contributed by atoms with Gasteiger partial charge in [-0.05, 0) is 6.42 Å². The van der Waals surface area contributed by atoms with Crippen LogP contribution in [0.15, 0.2) is 4.99 Å². The lowest BCUT2D eigenvalue weighted by Gasteiger charge is -2.20. The van der Waals surface area contributed by atoms with Crippen molar-refractivity contribution >= 4 is 13.2 Å². The number of unbranched alkanes of at least 4 members (excludes halogenated alkanes) is 8. The van der Waals surface area contributed by atoms with Crippen LogP contribution in [0, 0.1) is 0 Å². The van der Waals surface area contributed by atoms with Crippen molar-refractivity contribution in [3.05, 3.63) is 0 Å². The van der Waals surface area contributed by atoms with Crippen LogP contribution in [-0.4, -0.2) is 54.3 Å². The Labute approximate surface area is 135 Å². The molecule has 1 aliphatic rings. The van der Waals surface area contributed by atoms with Crippen molar-refractivity contribution in [2.75, 3.05) is 26.2 Å². The average Bonchev–Trinajstić information content (AvgIpc) is 2.93. The van der Waals surface area contributed by atoms with Crippen molar-refractivity contribution in [1.29, 1.82) is 0 Å². The quantitative estimate of drug-likeness (QED) is 0.382. The number of rotatable bonds is 14. The Kier molecular flexibility index (Phi) is 11.4. The molecule has 2 N–H and O–H groups in total. The fourth-order valence-corrected chi connectivity index (χ4v) is 2.87. The van der Waals surface area contributed by atoms with Crippen LogP contribution in [0.25, 0.3) is 0 Å². The molecule has 0 radical (unpaired) electrons. The molecule has 1 aliphatic heterocycles. The Balaban J connectivity index is 1.97. The molecule has 0 aliphatic carbocycles. The number of aliphatic imine (C=N–C) groups is 1. The van der Waals surface area contributed by atoms with Gasteiger partial charge in [0.2, 0.25) is 0 Å². The number of hydrogen-bond donors (Lipinski definition) is 2. The number of amidine groups is 1. The Morgan fingerprint density at radius 3 is 2.32 bits per heavy atom. The van der Waals surface area contributed by atoms with Crippen LogP contribution in [0.5, 0.6) is 0 Å². The fraction of sp³-hybridized carbons (Fsp3) is 0.938. The smallest absolute Gasteiger partial charge is 0.402 e. The van der Waals surface area contributed by atoms with E-state index in [1.807, 2.05) is 0 Å². The highest BCUT2D eigenvalue weighted by molar-refractivity contribution is 6.32. The molecule has 0 saturated carbocycles. The van der Waals surface area contributed by atoms with E-state index in [1.54, 1.807) is 0 Å². The van der Waals surface area contributed by atoms with Gasteiger partial charge in [-0.15, -0.1) is 0 Å². The summed E-state index contributed by atoms with van der Waals surface area (Å²) < 4.78 is 4.76. The molecule has 0 unspecified atom stereocenters. The zero-order valence-electron chi connectivity index (χ0n) is 14.2. The molecule has 0 fully saturated rings. The van der Waals surface area contributed by atoms with Crippen molar-refractivity contribution in [2.45, 2.75) is 71.1 Å². The lowest BCUT2D eigenvalue weighted by atomic mass is 10.1. The molecule has 0 saturated heterocycles. The highest BCUT2D eigenvalue weighted by Gasteiger charge is 2.17. The topological polar surface area (TPSA) is 65.3 Å². The van der Waals surface area contributed by atoms with Crippen LogP contribution in [0.2, 0.25) is 0 Å². The van der Waals surface area contributed by atoms with Crippen molar-refractivity contribution in [3.63, 3.8) is 0 Å². The third-order valence-corrected chi connectivity index (χ3v) is 4.16. The summed E-state index contributed by atoms with van der Waals surface area (Å²) in [7, 11) is -1.67. The molecule has 6 heteroatoms. The summed E-state index contributed by atoms with van der Waals surface area (Å²) in [6.07, 6.45) is 13.1. The number of nitrogens with zero attached hydrogens (tertiary/aromatic N) is 2. The van der Waals surface area contributed by atoms with Crippen molar-refractivity contribution < 1.29 is 14.7 Å². The van der Waals surface area contributed by atoms with E-state index in [2.05, 4.69) is 16.8 Å². The van der Waals surface area contributed by atoms with Gasteiger partial charge in [-0.25, -0.2) is 0 Å². The molecule has 1 rings (SSSR count). The number of hydrogen-bond acceptors (Lipinski definition) is 5. The standard InChI is InChI=1S/C16H33BN2O3/c1-2-3-4-5-6-7-8-9-10-11-16-18-12-13-19(16)14-15-22-17(20)21/h20-21H,2-15H2,1H3. The van der Waals surface area contributed by atoms with E-state index in [0.717, 1.165) is 19.5 Å². The van der Waals surface area contributed by atoms with Crippen LogP contribution in [-0.2, 0) is 4.65 Å². The van der Waals surface area contributed by atoms with Crippen LogP contribution >= 0.6 is 0 Å². The Morgan fingerprint density at radius 1 is 1.05 bits per heavy atom. The molecular weight excluding hydrogens is 279 g/mol. The third kappa shape index (κ3) is 9.44. The van der Waals surface area contributed by atoms with E-state index in [-0.39, 0.29) is 0 Å². The Hall–Kier alpha value is -0.585. The first-order valence-electron chi connectivity index (χ1n) is 9.00. The summed E-state index contributed by atoms with van der Waals surface area (Å²) in [5, 5.41) is 17.3. The van der Waals surface area contributed by atoms with Gasteiger partial charge in [0.05, 0.1) is 19.0 Å². The first-order valence-corrected chi connectivity index (χ1v) is 9.00. The predicted octanol–water partition coefficient (Wildman–Crippen LogP) is 2.61. The van der Waals surface area contributed by atoms with Crippen LogP contribution < -0.4 is 0 Å². The van der Waals surface area contributed by atoms with Gasteiger partial charge in [-0.1, -0.05) is 58.3 Å².